The number of carbonyl (C=O) groups is 2. The molecule has 0 aliphatic carbocycles. The van der Waals surface area contributed by atoms with Crippen molar-refractivity contribution in [3.63, 3.8) is 0 Å². The van der Waals surface area contributed by atoms with Gasteiger partial charge in [-0.2, -0.15) is 0 Å². The fraction of sp³-hybridized carbons (Fsp3) is 0.520. The van der Waals surface area contributed by atoms with Gasteiger partial charge in [-0.1, -0.05) is 42.5 Å². The van der Waals surface area contributed by atoms with E-state index in [-0.39, 0.29) is 18.6 Å². The largest absolute Gasteiger partial charge is 0.465 e. The Labute approximate surface area is 196 Å². The molecule has 0 aliphatic heterocycles. The Morgan fingerprint density at radius 1 is 1.12 bits per heavy atom. The van der Waals surface area contributed by atoms with Crippen LogP contribution in [0.3, 0.4) is 0 Å². The van der Waals surface area contributed by atoms with Gasteiger partial charge < -0.3 is 30.4 Å². The van der Waals surface area contributed by atoms with Crippen molar-refractivity contribution >= 4 is 23.2 Å². The van der Waals surface area contributed by atoms with Gasteiger partial charge in [-0.15, -0.1) is 0 Å². The number of amides is 1. The van der Waals surface area contributed by atoms with Crippen LogP contribution in [0.15, 0.2) is 42.5 Å². The molecule has 3 unspecified atom stereocenters. The summed E-state index contributed by atoms with van der Waals surface area (Å²) in [6, 6.07) is 13.4. The number of hydrogen-bond donors (Lipinski definition) is 3. The van der Waals surface area contributed by atoms with Gasteiger partial charge in [0.1, 0.15) is 6.29 Å². The molecule has 3 atom stereocenters. The van der Waals surface area contributed by atoms with Crippen LogP contribution in [0.2, 0.25) is 0 Å². The molecule has 4 N–H and O–H groups in total. The maximum atomic E-state index is 11.3. The zero-order chi connectivity index (χ0) is 24.2. The van der Waals surface area contributed by atoms with Gasteiger partial charge in [0, 0.05) is 32.3 Å². The van der Waals surface area contributed by atoms with Crippen LogP contribution in [0.4, 0.5) is 4.79 Å². The average molecular weight is 460 g/mol. The Kier molecular flexibility index (Phi) is 11.3. The van der Waals surface area contributed by atoms with Crippen molar-refractivity contribution in [2.45, 2.75) is 64.6 Å². The number of carbonyl (C=O) groups excluding carboxylic acids is 1. The number of carboxylic acid groups (broad SMARTS) is 1. The van der Waals surface area contributed by atoms with E-state index >= 15 is 0 Å². The third-order valence-electron chi connectivity index (χ3n) is 5.78. The highest BCUT2D eigenvalue weighted by Gasteiger charge is 2.31. The second kappa shape index (κ2) is 13.9. The van der Waals surface area contributed by atoms with Gasteiger partial charge in [0.25, 0.3) is 0 Å². The van der Waals surface area contributed by atoms with E-state index in [1.165, 1.54) is 0 Å². The second-order valence-corrected chi connectivity index (χ2v) is 8.05. The molecule has 2 aromatic rings. The van der Waals surface area contributed by atoms with Gasteiger partial charge in [-0.05, 0) is 49.9 Å². The Balaban J connectivity index is 2.44. The minimum Gasteiger partial charge on any atom is -0.465 e. The molecule has 0 saturated carbocycles. The van der Waals surface area contributed by atoms with Crippen molar-refractivity contribution < 1.29 is 24.2 Å². The van der Waals surface area contributed by atoms with Crippen molar-refractivity contribution in [3.8, 4) is 0 Å². The molecule has 2 rings (SSSR count). The van der Waals surface area contributed by atoms with Crippen molar-refractivity contribution in [3.05, 3.63) is 48.0 Å². The molecule has 0 bridgehead atoms. The molecule has 0 aliphatic rings. The number of ether oxygens (including phenoxy) is 2. The Hall–Kier alpha value is -2.52. The maximum absolute atomic E-state index is 11.3. The predicted molar refractivity (Wildman–Crippen MR) is 129 cm³/mol. The number of rotatable bonds is 15. The number of aldehydes is 1. The first-order valence-electron chi connectivity index (χ1n) is 11.5. The molecule has 8 nitrogen and oxygen atoms in total. The Bertz CT molecular complexity index is 867. The lowest BCUT2D eigenvalue weighted by atomic mass is 10.00. The number of fused-ring (bicyclic) bond motifs is 1. The summed E-state index contributed by atoms with van der Waals surface area (Å²) in [4.78, 5) is 24.6. The van der Waals surface area contributed by atoms with E-state index in [0.29, 0.717) is 32.6 Å². The SMILES string of the molecule is CCOC(OCC)C(C)N(Cc1cccc2ccccc12)C(CCC(N)C=O)CNC(=O)O. The summed E-state index contributed by atoms with van der Waals surface area (Å²) in [5.74, 6) is 0. The molecule has 1 amide bonds. The molecular weight excluding hydrogens is 422 g/mol. The quantitative estimate of drug-likeness (QED) is 0.276. The van der Waals surface area contributed by atoms with Crippen molar-refractivity contribution in [1.82, 2.24) is 10.2 Å². The van der Waals surface area contributed by atoms with Crippen LogP contribution in [0.1, 0.15) is 39.2 Å². The third-order valence-corrected chi connectivity index (χ3v) is 5.78. The Morgan fingerprint density at radius 2 is 1.79 bits per heavy atom. The predicted octanol–water partition coefficient (Wildman–Crippen LogP) is 3.37. The normalized spacial score (nSPS) is 14.4. The van der Waals surface area contributed by atoms with Crippen LogP contribution in [-0.4, -0.2) is 66.6 Å². The average Bonchev–Trinajstić information content (AvgIpc) is 2.82. The van der Waals surface area contributed by atoms with Gasteiger partial charge in [0.05, 0.1) is 12.1 Å². The first kappa shape index (κ1) is 26.7. The van der Waals surface area contributed by atoms with E-state index in [1.807, 2.05) is 39.0 Å². The lowest BCUT2D eigenvalue weighted by molar-refractivity contribution is -0.176. The number of benzene rings is 2. The topological polar surface area (TPSA) is 114 Å². The number of nitrogens with one attached hydrogen (secondary N) is 1. The fourth-order valence-corrected chi connectivity index (χ4v) is 4.09. The van der Waals surface area contributed by atoms with E-state index in [2.05, 4.69) is 34.5 Å². The van der Waals surface area contributed by atoms with E-state index in [0.717, 1.165) is 22.6 Å². The molecule has 182 valence electrons. The minimum atomic E-state index is -1.09. The summed E-state index contributed by atoms with van der Waals surface area (Å²) in [6.07, 6.45) is 0.136. The zero-order valence-corrected chi connectivity index (χ0v) is 19.8. The minimum absolute atomic E-state index is 0.183. The molecule has 33 heavy (non-hydrogen) atoms. The van der Waals surface area contributed by atoms with E-state index in [4.69, 9.17) is 15.2 Å². The van der Waals surface area contributed by atoms with E-state index in [9.17, 15) is 14.7 Å². The lowest BCUT2D eigenvalue weighted by Crippen LogP contribution is -2.52. The molecule has 0 heterocycles. The summed E-state index contributed by atoms with van der Waals surface area (Å²) in [5, 5.41) is 14.0. The van der Waals surface area contributed by atoms with Crippen LogP contribution in [0.25, 0.3) is 10.8 Å². The van der Waals surface area contributed by atoms with Gasteiger partial charge in [-0.3, -0.25) is 4.90 Å². The van der Waals surface area contributed by atoms with Crippen molar-refractivity contribution in [2.24, 2.45) is 5.73 Å². The van der Waals surface area contributed by atoms with Crippen molar-refractivity contribution in [1.29, 1.82) is 0 Å². The first-order chi connectivity index (χ1) is 15.9. The molecule has 0 aromatic heterocycles. The third kappa shape index (κ3) is 8.08. The molecule has 0 fully saturated rings. The highest BCUT2D eigenvalue weighted by Crippen LogP contribution is 2.25. The molecule has 2 aromatic carbocycles. The lowest BCUT2D eigenvalue weighted by Gasteiger charge is -2.40. The standard InChI is InChI=1S/C25H37N3O5/c1-4-32-24(33-5-2)18(3)28(22(15-27-25(30)31)14-13-21(26)17-29)16-20-11-8-10-19-9-6-7-12-23(19)20/h6-12,17-18,21-22,24,27H,4-5,13-16,26H2,1-3H3,(H,30,31). The number of nitrogens with zero attached hydrogens (tertiary/aromatic N) is 1. The highest BCUT2D eigenvalue weighted by molar-refractivity contribution is 5.85. The van der Waals surface area contributed by atoms with Gasteiger partial charge in [0.15, 0.2) is 6.29 Å². The number of hydrogen-bond acceptors (Lipinski definition) is 6. The molecular formula is C25H37N3O5. The highest BCUT2D eigenvalue weighted by atomic mass is 16.7. The fourth-order valence-electron chi connectivity index (χ4n) is 4.09. The van der Waals surface area contributed by atoms with Gasteiger partial charge >= 0.3 is 6.09 Å². The van der Waals surface area contributed by atoms with Crippen LogP contribution in [0.5, 0.6) is 0 Å². The van der Waals surface area contributed by atoms with Gasteiger partial charge in [0.2, 0.25) is 0 Å². The first-order valence-corrected chi connectivity index (χ1v) is 11.5. The molecule has 0 radical (unpaired) electrons. The summed E-state index contributed by atoms with van der Waals surface area (Å²) in [7, 11) is 0. The van der Waals surface area contributed by atoms with Gasteiger partial charge in [-0.25, -0.2) is 4.79 Å². The van der Waals surface area contributed by atoms with Crippen LogP contribution in [-0.2, 0) is 20.8 Å². The van der Waals surface area contributed by atoms with E-state index < -0.39 is 18.4 Å². The van der Waals surface area contributed by atoms with Crippen LogP contribution >= 0.6 is 0 Å². The molecule has 8 heteroatoms. The van der Waals surface area contributed by atoms with Crippen molar-refractivity contribution in [2.75, 3.05) is 19.8 Å². The monoisotopic (exact) mass is 459 g/mol. The molecule has 0 spiro atoms. The maximum Gasteiger partial charge on any atom is 0.404 e. The second-order valence-electron chi connectivity index (χ2n) is 8.05. The van der Waals surface area contributed by atoms with Crippen LogP contribution < -0.4 is 11.1 Å². The summed E-state index contributed by atoms with van der Waals surface area (Å²) >= 11 is 0. The zero-order valence-electron chi connectivity index (χ0n) is 19.8. The molecule has 0 saturated heterocycles. The Morgan fingerprint density at radius 3 is 2.42 bits per heavy atom. The summed E-state index contributed by atoms with van der Waals surface area (Å²) in [6.45, 7) is 7.59. The summed E-state index contributed by atoms with van der Waals surface area (Å²) in [5.41, 5.74) is 6.98. The summed E-state index contributed by atoms with van der Waals surface area (Å²) < 4.78 is 11.8. The number of nitrogens with two attached hydrogens (primary N) is 1. The van der Waals surface area contributed by atoms with E-state index in [1.54, 1.807) is 0 Å². The van der Waals surface area contributed by atoms with Crippen LogP contribution in [0, 0.1) is 0 Å². The smallest absolute Gasteiger partial charge is 0.404 e.